The standard InChI is InChI=1S/C28H22F6N6S/c1-17(2)23-12-9-21(29)13-24(23)39-16-41-26(39)37-36-14-18-3-5-19(6-4-18)25-35-15-40(38-25)22-10-7-20(8-11-22)27(30,31)28(32,33)34/h3-15,17H,16H2,1-2H3/b36-14+,37-26-. The molecule has 0 saturated carbocycles. The monoisotopic (exact) mass is 588 g/mol. The van der Waals surface area contributed by atoms with Gasteiger partial charge in [0.1, 0.15) is 12.1 Å². The Bertz CT molecular complexity index is 1590. The van der Waals surface area contributed by atoms with Crippen LogP contribution in [0.1, 0.15) is 36.5 Å². The minimum absolute atomic E-state index is 0.220. The number of amidine groups is 1. The molecule has 1 aliphatic rings. The molecular weight excluding hydrogens is 566 g/mol. The summed E-state index contributed by atoms with van der Waals surface area (Å²) in [5, 5.41) is 13.4. The molecule has 0 spiro atoms. The van der Waals surface area contributed by atoms with Gasteiger partial charge in [-0.25, -0.2) is 14.1 Å². The predicted molar refractivity (Wildman–Crippen MR) is 147 cm³/mol. The number of nitrogens with zero attached hydrogens (tertiary/aromatic N) is 6. The lowest BCUT2D eigenvalue weighted by atomic mass is 10.0. The summed E-state index contributed by atoms with van der Waals surface area (Å²) in [6.45, 7) is 4.09. The Kier molecular flexibility index (Phi) is 7.64. The van der Waals surface area contributed by atoms with Gasteiger partial charge in [0.15, 0.2) is 11.0 Å². The van der Waals surface area contributed by atoms with Gasteiger partial charge in [0.2, 0.25) is 0 Å². The van der Waals surface area contributed by atoms with Gasteiger partial charge in [-0.1, -0.05) is 68.1 Å². The summed E-state index contributed by atoms with van der Waals surface area (Å²) in [6.07, 6.45) is -2.77. The van der Waals surface area contributed by atoms with E-state index in [1.807, 2.05) is 18.7 Å². The average molecular weight is 589 g/mol. The molecule has 4 aromatic rings. The van der Waals surface area contributed by atoms with Crippen molar-refractivity contribution in [2.75, 3.05) is 10.8 Å². The van der Waals surface area contributed by atoms with E-state index in [2.05, 4.69) is 20.3 Å². The molecule has 6 nitrogen and oxygen atoms in total. The second-order valence-corrected chi connectivity index (χ2v) is 10.4. The maximum Gasteiger partial charge on any atom is 0.458 e. The highest BCUT2D eigenvalue weighted by atomic mass is 32.2. The van der Waals surface area contributed by atoms with Crippen molar-refractivity contribution in [3.05, 3.63) is 95.6 Å². The van der Waals surface area contributed by atoms with Crippen molar-refractivity contribution in [3.63, 3.8) is 0 Å². The first-order valence-electron chi connectivity index (χ1n) is 12.3. The Morgan fingerprint density at radius 2 is 1.66 bits per heavy atom. The van der Waals surface area contributed by atoms with E-state index >= 15 is 0 Å². The summed E-state index contributed by atoms with van der Waals surface area (Å²) >= 11 is 1.51. The van der Waals surface area contributed by atoms with Crippen molar-refractivity contribution < 1.29 is 26.3 Å². The largest absolute Gasteiger partial charge is 0.458 e. The summed E-state index contributed by atoms with van der Waals surface area (Å²) < 4.78 is 80.1. The molecule has 1 aromatic heterocycles. The van der Waals surface area contributed by atoms with Crippen LogP contribution in [-0.4, -0.2) is 38.2 Å². The third-order valence-corrected chi connectivity index (χ3v) is 7.27. The zero-order valence-electron chi connectivity index (χ0n) is 21.6. The second kappa shape index (κ2) is 11.0. The molecule has 0 amide bonds. The van der Waals surface area contributed by atoms with Crippen molar-refractivity contribution in [1.82, 2.24) is 14.8 Å². The molecule has 5 rings (SSSR count). The first-order chi connectivity index (χ1) is 19.4. The van der Waals surface area contributed by atoms with Gasteiger partial charge in [0, 0.05) is 11.1 Å². The fraction of sp³-hybridized carbons (Fsp3) is 0.214. The van der Waals surface area contributed by atoms with Crippen LogP contribution in [0.5, 0.6) is 0 Å². The Hall–Kier alpha value is -4.13. The summed E-state index contributed by atoms with van der Waals surface area (Å²) in [5.74, 6) is -4.07. The lowest BCUT2D eigenvalue weighted by molar-refractivity contribution is -0.289. The molecule has 0 bridgehead atoms. The molecule has 0 atom stereocenters. The van der Waals surface area contributed by atoms with Gasteiger partial charge in [-0.3, -0.25) is 0 Å². The summed E-state index contributed by atoms with van der Waals surface area (Å²) in [4.78, 5) is 6.12. The van der Waals surface area contributed by atoms with Crippen molar-refractivity contribution in [3.8, 4) is 17.1 Å². The smallest absolute Gasteiger partial charge is 0.309 e. The molecule has 2 heterocycles. The number of rotatable bonds is 7. The first kappa shape index (κ1) is 28.4. The molecule has 41 heavy (non-hydrogen) atoms. The van der Waals surface area contributed by atoms with E-state index in [1.165, 1.54) is 34.9 Å². The number of anilines is 1. The number of hydrogen-bond acceptors (Lipinski definition) is 5. The normalized spacial score (nSPS) is 15.2. The van der Waals surface area contributed by atoms with E-state index in [1.54, 1.807) is 36.5 Å². The average Bonchev–Trinajstić information content (AvgIpc) is 3.40. The van der Waals surface area contributed by atoms with E-state index in [-0.39, 0.29) is 17.4 Å². The van der Waals surface area contributed by atoms with Gasteiger partial charge in [0.05, 0.1) is 23.5 Å². The maximum absolute atomic E-state index is 13.9. The fourth-order valence-corrected chi connectivity index (χ4v) is 4.77. The number of aromatic nitrogens is 3. The molecule has 0 aliphatic carbocycles. The molecule has 0 N–H and O–H groups in total. The number of hydrogen-bond donors (Lipinski definition) is 0. The third kappa shape index (κ3) is 5.85. The quantitative estimate of drug-likeness (QED) is 0.126. The highest BCUT2D eigenvalue weighted by molar-refractivity contribution is 8.16. The zero-order valence-corrected chi connectivity index (χ0v) is 22.5. The van der Waals surface area contributed by atoms with Crippen LogP contribution in [0.4, 0.5) is 32.0 Å². The van der Waals surface area contributed by atoms with Gasteiger partial charge in [-0.2, -0.15) is 27.1 Å². The van der Waals surface area contributed by atoms with E-state index < -0.39 is 17.7 Å². The highest BCUT2D eigenvalue weighted by Crippen LogP contribution is 2.44. The molecule has 212 valence electrons. The van der Waals surface area contributed by atoms with Crippen LogP contribution < -0.4 is 4.90 Å². The predicted octanol–water partition coefficient (Wildman–Crippen LogP) is 7.75. The molecule has 13 heteroatoms. The van der Waals surface area contributed by atoms with Gasteiger partial charge < -0.3 is 4.90 Å². The van der Waals surface area contributed by atoms with E-state index in [9.17, 15) is 26.3 Å². The number of alkyl halides is 5. The summed E-state index contributed by atoms with van der Waals surface area (Å²) in [7, 11) is 0. The summed E-state index contributed by atoms with van der Waals surface area (Å²) in [5.41, 5.74) is 2.32. The molecule has 3 aromatic carbocycles. The molecule has 1 fully saturated rings. The molecule has 0 radical (unpaired) electrons. The first-order valence-corrected chi connectivity index (χ1v) is 13.3. The van der Waals surface area contributed by atoms with Crippen molar-refractivity contribution in [1.29, 1.82) is 0 Å². The van der Waals surface area contributed by atoms with Crippen LogP contribution in [0.3, 0.4) is 0 Å². The van der Waals surface area contributed by atoms with Crippen molar-refractivity contribution in [2.45, 2.75) is 31.9 Å². The Labute approximate surface area is 235 Å². The zero-order chi connectivity index (χ0) is 29.4. The van der Waals surface area contributed by atoms with Gasteiger partial charge in [0.25, 0.3) is 0 Å². The SMILES string of the molecule is CC(C)c1ccc(F)cc1N1CS/C1=N\N=C\c1ccc(-c2ncn(-c3ccc(C(F)(F)C(F)(F)F)cc3)n2)cc1. The number of thioether (sulfide) groups is 1. The highest BCUT2D eigenvalue weighted by Gasteiger charge is 2.58. The Balaban J connectivity index is 1.26. The van der Waals surface area contributed by atoms with Crippen LogP contribution in [0.25, 0.3) is 17.1 Å². The molecule has 0 unspecified atom stereocenters. The van der Waals surface area contributed by atoms with Gasteiger partial charge in [-0.15, -0.1) is 10.2 Å². The minimum atomic E-state index is -5.68. The Morgan fingerprint density at radius 1 is 0.951 bits per heavy atom. The molecule has 1 saturated heterocycles. The lowest BCUT2D eigenvalue weighted by Gasteiger charge is -2.35. The summed E-state index contributed by atoms with van der Waals surface area (Å²) in [6, 6.07) is 15.5. The third-order valence-electron chi connectivity index (χ3n) is 6.32. The second-order valence-electron chi connectivity index (χ2n) is 9.44. The Morgan fingerprint density at radius 3 is 2.27 bits per heavy atom. The van der Waals surface area contributed by atoms with Gasteiger partial charge in [-0.05, 0) is 41.3 Å². The van der Waals surface area contributed by atoms with Crippen LogP contribution in [0.2, 0.25) is 0 Å². The molecule has 1 aliphatic heterocycles. The van der Waals surface area contributed by atoms with Crippen LogP contribution in [-0.2, 0) is 5.92 Å². The van der Waals surface area contributed by atoms with Gasteiger partial charge >= 0.3 is 12.1 Å². The number of benzene rings is 3. The lowest BCUT2D eigenvalue weighted by Crippen LogP contribution is -2.39. The minimum Gasteiger partial charge on any atom is -0.309 e. The maximum atomic E-state index is 13.9. The van der Waals surface area contributed by atoms with Crippen molar-refractivity contribution in [2.24, 2.45) is 10.2 Å². The van der Waals surface area contributed by atoms with E-state index in [0.717, 1.165) is 28.9 Å². The number of halogens is 6. The van der Waals surface area contributed by atoms with Crippen LogP contribution in [0, 0.1) is 5.82 Å². The van der Waals surface area contributed by atoms with Crippen LogP contribution in [0.15, 0.2) is 83.3 Å². The fourth-order valence-electron chi connectivity index (χ4n) is 4.05. The van der Waals surface area contributed by atoms with Crippen LogP contribution >= 0.6 is 11.8 Å². The van der Waals surface area contributed by atoms with Crippen molar-refractivity contribution >= 4 is 28.8 Å². The van der Waals surface area contributed by atoms with E-state index in [4.69, 9.17) is 0 Å². The van der Waals surface area contributed by atoms with E-state index in [0.29, 0.717) is 34.6 Å². The molecular formula is C28H22F6N6S. The topological polar surface area (TPSA) is 58.7 Å².